The lowest BCUT2D eigenvalue weighted by Crippen LogP contribution is -1.98. The number of hydrogen-bond acceptors (Lipinski definition) is 4. The van der Waals surface area contributed by atoms with Crippen molar-refractivity contribution in [2.45, 2.75) is 0 Å². The highest BCUT2D eigenvalue weighted by Gasteiger charge is 2.18. The quantitative estimate of drug-likeness (QED) is 0.685. The van der Waals surface area contributed by atoms with Crippen LogP contribution in [0.2, 0.25) is 0 Å². The van der Waals surface area contributed by atoms with Gasteiger partial charge in [-0.3, -0.25) is 4.79 Å². The van der Waals surface area contributed by atoms with Crippen LogP contribution < -0.4 is 0 Å². The van der Waals surface area contributed by atoms with Crippen molar-refractivity contribution in [3.8, 4) is 21.9 Å². The molecule has 3 nitrogen and oxygen atoms in total. The maximum absolute atomic E-state index is 13.9. The van der Waals surface area contributed by atoms with Crippen molar-refractivity contribution >= 4 is 17.1 Å². The molecule has 0 spiro atoms. The third-order valence-corrected chi connectivity index (χ3v) is 4.49. The minimum absolute atomic E-state index is 0.0418. The second-order valence-electron chi connectivity index (χ2n) is 4.92. The summed E-state index contributed by atoms with van der Waals surface area (Å²) in [5, 5.41) is 18.7. The van der Waals surface area contributed by atoms with Crippen LogP contribution in [0.3, 0.4) is 0 Å². The Balaban J connectivity index is 1.97. The van der Waals surface area contributed by atoms with Gasteiger partial charge in [0.05, 0.1) is 4.88 Å². The van der Waals surface area contributed by atoms with Crippen LogP contribution in [-0.2, 0) is 0 Å². The van der Waals surface area contributed by atoms with Gasteiger partial charge in [-0.1, -0.05) is 0 Å². The van der Waals surface area contributed by atoms with Crippen molar-refractivity contribution in [2.24, 2.45) is 0 Å². The number of carbonyl (C=O) groups excluding carboxylic acids is 1. The Labute approximate surface area is 138 Å². The molecule has 1 aromatic heterocycles. The van der Waals surface area contributed by atoms with E-state index < -0.39 is 34.7 Å². The molecule has 0 saturated heterocycles. The first-order chi connectivity index (χ1) is 11.4. The minimum atomic E-state index is -1.12. The van der Waals surface area contributed by atoms with E-state index in [-0.39, 0.29) is 16.0 Å². The molecule has 1 heterocycles. The number of ketones is 1. The summed E-state index contributed by atoms with van der Waals surface area (Å²) in [6.45, 7) is 0. The van der Waals surface area contributed by atoms with E-state index in [1.807, 2.05) is 0 Å². The van der Waals surface area contributed by atoms with E-state index in [0.717, 1.165) is 35.6 Å². The van der Waals surface area contributed by atoms with Crippen molar-refractivity contribution in [1.82, 2.24) is 0 Å². The Morgan fingerprint density at radius 3 is 2.33 bits per heavy atom. The van der Waals surface area contributed by atoms with E-state index in [0.29, 0.717) is 4.88 Å². The molecule has 0 unspecified atom stereocenters. The molecule has 0 fully saturated rings. The monoisotopic (exact) mass is 350 g/mol. The third kappa shape index (κ3) is 2.74. The molecule has 0 atom stereocenters. The highest BCUT2D eigenvalue weighted by molar-refractivity contribution is 7.17. The van der Waals surface area contributed by atoms with Crippen LogP contribution in [0.5, 0.6) is 11.5 Å². The van der Waals surface area contributed by atoms with Gasteiger partial charge in [0.1, 0.15) is 0 Å². The second kappa shape index (κ2) is 6.01. The molecular formula is C17H9F3O3S. The standard InChI is InChI=1S/C17H9F3O3S/c18-10-3-1-8(7-12(10)21)16(22)14-6-5-13(24-14)9-2-4-11(19)17(23)15(9)20/h1-7,21,23H. The van der Waals surface area contributed by atoms with Crippen molar-refractivity contribution in [2.75, 3.05) is 0 Å². The molecule has 0 saturated carbocycles. The van der Waals surface area contributed by atoms with Crippen LogP contribution in [0.25, 0.3) is 10.4 Å². The molecule has 3 aromatic rings. The van der Waals surface area contributed by atoms with Gasteiger partial charge in [-0.05, 0) is 42.5 Å². The Morgan fingerprint density at radius 2 is 1.62 bits per heavy atom. The first kappa shape index (κ1) is 16.1. The Bertz CT molecular complexity index is 950. The smallest absolute Gasteiger partial charge is 0.203 e. The summed E-state index contributed by atoms with van der Waals surface area (Å²) < 4.78 is 40.1. The van der Waals surface area contributed by atoms with E-state index in [1.54, 1.807) is 0 Å². The summed E-state index contributed by atoms with van der Waals surface area (Å²) >= 11 is 0.929. The highest BCUT2D eigenvalue weighted by atomic mass is 32.1. The third-order valence-electron chi connectivity index (χ3n) is 3.37. The number of phenolic OH excluding ortho intramolecular Hbond substituents is 2. The van der Waals surface area contributed by atoms with E-state index in [1.165, 1.54) is 18.2 Å². The van der Waals surface area contributed by atoms with E-state index in [2.05, 4.69) is 0 Å². The molecule has 0 aliphatic rings. The number of rotatable bonds is 3. The van der Waals surface area contributed by atoms with Gasteiger partial charge in [-0.25, -0.2) is 13.2 Å². The first-order valence-corrected chi connectivity index (χ1v) is 7.50. The lowest BCUT2D eigenvalue weighted by atomic mass is 10.1. The summed E-state index contributed by atoms with van der Waals surface area (Å²) in [6, 6.07) is 8.16. The SMILES string of the molecule is O=C(c1ccc(F)c(O)c1)c1ccc(-c2ccc(F)c(O)c2F)s1. The molecule has 2 aromatic carbocycles. The fraction of sp³-hybridized carbons (Fsp3) is 0. The molecule has 7 heteroatoms. The van der Waals surface area contributed by atoms with Crippen LogP contribution >= 0.6 is 11.3 Å². The normalized spacial score (nSPS) is 10.8. The lowest BCUT2D eigenvalue weighted by Gasteiger charge is -2.03. The molecular weight excluding hydrogens is 341 g/mol. The summed E-state index contributed by atoms with van der Waals surface area (Å²) in [6.07, 6.45) is 0. The molecule has 0 aliphatic heterocycles. The zero-order valence-electron chi connectivity index (χ0n) is 11.9. The summed E-state index contributed by atoms with van der Waals surface area (Å²) in [7, 11) is 0. The van der Waals surface area contributed by atoms with E-state index in [4.69, 9.17) is 0 Å². The zero-order valence-corrected chi connectivity index (χ0v) is 12.7. The Morgan fingerprint density at radius 1 is 0.917 bits per heavy atom. The van der Waals surface area contributed by atoms with Gasteiger partial charge in [0, 0.05) is 16.0 Å². The van der Waals surface area contributed by atoms with Gasteiger partial charge in [-0.2, -0.15) is 0 Å². The summed E-state index contributed by atoms with van der Waals surface area (Å²) in [4.78, 5) is 12.9. The largest absolute Gasteiger partial charge is 0.505 e. The number of thiophene rings is 1. The lowest BCUT2D eigenvalue weighted by molar-refractivity contribution is 0.104. The van der Waals surface area contributed by atoms with E-state index in [9.17, 15) is 28.2 Å². The fourth-order valence-corrected chi connectivity index (χ4v) is 3.12. The molecule has 0 radical (unpaired) electrons. The average molecular weight is 350 g/mol. The van der Waals surface area contributed by atoms with Crippen molar-refractivity contribution < 1.29 is 28.2 Å². The van der Waals surface area contributed by atoms with Gasteiger partial charge in [0.25, 0.3) is 0 Å². The van der Waals surface area contributed by atoms with Gasteiger partial charge in [-0.15, -0.1) is 11.3 Å². The zero-order chi connectivity index (χ0) is 17.4. The van der Waals surface area contributed by atoms with Gasteiger partial charge in [0.15, 0.2) is 29.0 Å². The number of carbonyl (C=O) groups is 1. The molecule has 0 aliphatic carbocycles. The van der Waals surface area contributed by atoms with Crippen molar-refractivity contribution in [1.29, 1.82) is 0 Å². The van der Waals surface area contributed by atoms with Crippen molar-refractivity contribution in [3.05, 3.63) is 70.4 Å². The second-order valence-corrected chi connectivity index (χ2v) is 6.00. The molecule has 3 rings (SSSR count). The number of phenols is 2. The molecule has 0 amide bonds. The summed E-state index contributed by atoms with van der Waals surface area (Å²) in [5.41, 5.74) is 0.0321. The number of halogens is 3. The predicted octanol–water partition coefficient (Wildman–Crippen LogP) is 4.47. The maximum Gasteiger partial charge on any atom is 0.203 e. The maximum atomic E-state index is 13.9. The number of aromatic hydroxyl groups is 2. The predicted molar refractivity (Wildman–Crippen MR) is 82.8 cm³/mol. The average Bonchev–Trinajstić information content (AvgIpc) is 3.04. The van der Waals surface area contributed by atoms with Gasteiger partial charge in [0.2, 0.25) is 5.78 Å². The highest BCUT2D eigenvalue weighted by Crippen LogP contribution is 2.35. The Kier molecular flexibility index (Phi) is 4.02. The van der Waals surface area contributed by atoms with Crippen molar-refractivity contribution in [3.63, 3.8) is 0 Å². The minimum Gasteiger partial charge on any atom is -0.505 e. The van der Waals surface area contributed by atoms with Crippen LogP contribution in [0.1, 0.15) is 15.2 Å². The molecule has 122 valence electrons. The molecule has 2 N–H and O–H groups in total. The fourth-order valence-electron chi connectivity index (χ4n) is 2.13. The van der Waals surface area contributed by atoms with Crippen LogP contribution in [0.4, 0.5) is 13.2 Å². The molecule has 0 bridgehead atoms. The van der Waals surface area contributed by atoms with Gasteiger partial charge >= 0.3 is 0 Å². The topological polar surface area (TPSA) is 57.5 Å². The van der Waals surface area contributed by atoms with E-state index >= 15 is 0 Å². The summed E-state index contributed by atoms with van der Waals surface area (Å²) in [5.74, 6) is -5.25. The Hall–Kier alpha value is -2.80. The van der Waals surface area contributed by atoms with Crippen LogP contribution in [0.15, 0.2) is 42.5 Å². The van der Waals surface area contributed by atoms with Crippen LogP contribution in [-0.4, -0.2) is 16.0 Å². The van der Waals surface area contributed by atoms with Gasteiger partial charge < -0.3 is 10.2 Å². The molecule has 24 heavy (non-hydrogen) atoms. The number of benzene rings is 2. The van der Waals surface area contributed by atoms with Crippen LogP contribution in [0, 0.1) is 17.5 Å². The first-order valence-electron chi connectivity index (χ1n) is 6.69. The number of hydrogen-bond donors (Lipinski definition) is 2.